The summed E-state index contributed by atoms with van der Waals surface area (Å²) in [6.07, 6.45) is 2.82. The average molecular weight is 522 g/mol. The summed E-state index contributed by atoms with van der Waals surface area (Å²) >= 11 is 0. The largest absolute Gasteiger partial charge is 0.374 e. The van der Waals surface area contributed by atoms with Gasteiger partial charge in [-0.05, 0) is 61.4 Å². The van der Waals surface area contributed by atoms with Crippen LogP contribution in [0.2, 0.25) is 0 Å². The highest BCUT2D eigenvalue weighted by Crippen LogP contribution is 2.39. The van der Waals surface area contributed by atoms with Crippen LogP contribution in [0.1, 0.15) is 45.6 Å². The third-order valence-corrected chi connectivity index (χ3v) is 7.99. The van der Waals surface area contributed by atoms with Crippen LogP contribution in [0, 0.1) is 5.92 Å². The van der Waals surface area contributed by atoms with E-state index in [9.17, 15) is 4.39 Å². The highest BCUT2D eigenvalue weighted by molar-refractivity contribution is 5.98. The first kappa shape index (κ1) is 26.6. The van der Waals surface area contributed by atoms with Gasteiger partial charge in [-0.15, -0.1) is 0 Å². The van der Waals surface area contributed by atoms with Gasteiger partial charge in [0.25, 0.3) is 0 Å². The van der Waals surface area contributed by atoms with Gasteiger partial charge < -0.3 is 25.2 Å². The summed E-state index contributed by atoms with van der Waals surface area (Å²) in [5.41, 5.74) is 2.55. The third-order valence-electron chi connectivity index (χ3n) is 7.99. The van der Waals surface area contributed by atoms with Crippen molar-refractivity contribution in [2.75, 3.05) is 55.0 Å². The summed E-state index contributed by atoms with van der Waals surface area (Å²) in [5.74, 6) is 2.96. The predicted molar refractivity (Wildman–Crippen MR) is 153 cm³/mol. The lowest BCUT2D eigenvalue weighted by Crippen LogP contribution is -2.53. The number of piperidine rings is 1. The molecule has 9 heteroatoms. The van der Waals surface area contributed by atoms with Crippen LogP contribution in [0.15, 0.2) is 36.7 Å². The Labute approximate surface area is 225 Å². The van der Waals surface area contributed by atoms with E-state index in [4.69, 9.17) is 9.72 Å². The van der Waals surface area contributed by atoms with Crippen molar-refractivity contribution in [1.29, 1.82) is 0 Å². The Kier molecular flexibility index (Phi) is 7.95. The van der Waals surface area contributed by atoms with Crippen molar-refractivity contribution in [1.82, 2.24) is 20.3 Å². The summed E-state index contributed by atoms with van der Waals surface area (Å²) in [7, 11) is 1.86. The second-order valence-electron chi connectivity index (χ2n) is 10.9. The van der Waals surface area contributed by atoms with Gasteiger partial charge in [-0.3, -0.25) is 0 Å². The fraction of sp³-hybridized carbons (Fsp3) is 0.552. The molecule has 2 saturated heterocycles. The van der Waals surface area contributed by atoms with Crippen LogP contribution in [0.25, 0.3) is 10.8 Å². The zero-order valence-corrected chi connectivity index (χ0v) is 23.1. The molecule has 2 aromatic heterocycles. The molecule has 4 heterocycles. The van der Waals surface area contributed by atoms with Gasteiger partial charge in [0.15, 0.2) is 0 Å². The number of hydrogen-bond donors (Lipinski definition) is 2. The minimum Gasteiger partial charge on any atom is -0.374 e. The Morgan fingerprint density at radius 3 is 2.66 bits per heavy atom. The molecule has 2 aliphatic rings. The first-order valence-corrected chi connectivity index (χ1v) is 13.8. The lowest BCUT2D eigenvalue weighted by Gasteiger charge is -2.47. The maximum absolute atomic E-state index is 14.8. The number of rotatable bonds is 9. The van der Waals surface area contributed by atoms with Crippen LogP contribution in [-0.2, 0) is 4.74 Å². The first-order valence-electron chi connectivity index (χ1n) is 13.8. The highest BCUT2D eigenvalue weighted by Gasteiger charge is 2.33. The summed E-state index contributed by atoms with van der Waals surface area (Å²) in [6.45, 7) is 12.2. The number of likely N-dealkylation sites (N-methyl/N-ethyl adjacent to an activating group) is 1. The van der Waals surface area contributed by atoms with Crippen molar-refractivity contribution in [3.8, 4) is 0 Å². The lowest BCUT2D eigenvalue weighted by molar-refractivity contribution is -0.0109. The van der Waals surface area contributed by atoms with Crippen LogP contribution in [0.3, 0.4) is 0 Å². The van der Waals surface area contributed by atoms with E-state index >= 15 is 0 Å². The number of nitrogens with zero attached hydrogens (tertiary/aromatic N) is 5. The number of ether oxygens (including phenoxy) is 1. The molecule has 0 bridgehead atoms. The van der Waals surface area contributed by atoms with Crippen molar-refractivity contribution >= 4 is 34.0 Å². The second kappa shape index (κ2) is 11.4. The number of anilines is 4. The van der Waals surface area contributed by atoms with E-state index < -0.39 is 6.17 Å². The molecular formula is C29H40FN7O. The molecule has 0 unspecified atom stereocenters. The number of pyridine rings is 1. The summed E-state index contributed by atoms with van der Waals surface area (Å²) in [5, 5.41) is 8.77. The van der Waals surface area contributed by atoms with E-state index in [1.54, 1.807) is 6.20 Å². The molecule has 4 atom stereocenters. The molecule has 0 spiro atoms. The van der Waals surface area contributed by atoms with Gasteiger partial charge in [-0.25, -0.2) is 14.4 Å². The number of hydrogen-bond acceptors (Lipinski definition) is 8. The number of alkyl halides is 1. The minimum atomic E-state index is -1.08. The summed E-state index contributed by atoms with van der Waals surface area (Å²) in [6, 6.07) is 8.96. The van der Waals surface area contributed by atoms with Gasteiger partial charge >= 0.3 is 0 Å². The number of fused-ring (bicyclic) bond motifs is 1. The molecule has 204 valence electrons. The molecule has 1 aromatic carbocycles. The number of halogens is 1. The topological polar surface area (TPSA) is 78.4 Å². The number of aromatic nitrogens is 3. The average Bonchev–Trinajstić information content (AvgIpc) is 2.92. The molecule has 2 fully saturated rings. The van der Waals surface area contributed by atoms with Crippen molar-refractivity contribution in [2.24, 2.45) is 5.92 Å². The molecule has 8 nitrogen and oxygen atoms in total. The standard InChI is InChI=1S/C29H40FN7O/c1-18(2)21-6-7-25(37-16-19(3)20(37)4)23-15-33-28(14-22(21)23)34-27-8-10-32-29(35-27)36-12-9-26(24(30)17-36)38-13-11-31-5/h6-8,10,14-15,18-20,24,26,31H,9,11-13,16-17H2,1-5H3,(H,32,33,34,35)/t19-,20+,24+,26-/m0/s1. The van der Waals surface area contributed by atoms with Gasteiger partial charge in [-0.2, -0.15) is 4.98 Å². The number of nitrogens with one attached hydrogen (secondary N) is 2. The molecule has 3 aromatic rings. The Balaban J connectivity index is 1.34. The SMILES string of the molecule is CNCCO[C@H]1CCN(c2nccc(Nc3cc4c(C(C)C)ccc(N5C[C@H](C)[C@H]5C)c4cn3)n2)C[C@H]1F. The molecule has 5 rings (SSSR count). The maximum Gasteiger partial charge on any atom is 0.227 e. The molecule has 2 aliphatic heterocycles. The van der Waals surface area contributed by atoms with Crippen molar-refractivity contribution in [2.45, 2.75) is 58.4 Å². The Hall–Kier alpha value is -3.04. The van der Waals surface area contributed by atoms with Gasteiger partial charge in [0.1, 0.15) is 17.8 Å². The molecule has 38 heavy (non-hydrogen) atoms. The third kappa shape index (κ3) is 5.40. The lowest BCUT2D eigenvalue weighted by atomic mass is 9.89. The number of benzene rings is 1. The fourth-order valence-electron chi connectivity index (χ4n) is 5.45. The van der Waals surface area contributed by atoms with Gasteiger partial charge in [-0.1, -0.05) is 26.8 Å². The Morgan fingerprint density at radius 1 is 1.11 bits per heavy atom. The van der Waals surface area contributed by atoms with Crippen molar-refractivity contribution in [3.05, 3.63) is 42.2 Å². The molecule has 0 saturated carbocycles. The Bertz CT molecular complexity index is 1250. The van der Waals surface area contributed by atoms with E-state index in [1.165, 1.54) is 22.0 Å². The highest BCUT2D eigenvalue weighted by atomic mass is 19.1. The van der Waals surface area contributed by atoms with Crippen molar-refractivity contribution in [3.63, 3.8) is 0 Å². The van der Waals surface area contributed by atoms with Gasteiger partial charge in [0, 0.05) is 49.1 Å². The van der Waals surface area contributed by atoms with E-state index in [1.807, 2.05) is 24.2 Å². The molecule has 2 N–H and O–H groups in total. The van der Waals surface area contributed by atoms with Crippen LogP contribution in [0.4, 0.5) is 27.7 Å². The van der Waals surface area contributed by atoms with Crippen LogP contribution < -0.4 is 20.4 Å². The zero-order chi connectivity index (χ0) is 26.8. The minimum absolute atomic E-state index is 0.218. The summed E-state index contributed by atoms with van der Waals surface area (Å²) in [4.78, 5) is 18.2. The van der Waals surface area contributed by atoms with Crippen LogP contribution in [-0.4, -0.2) is 73.1 Å². The van der Waals surface area contributed by atoms with Gasteiger partial charge in [0.2, 0.25) is 5.95 Å². The molecule has 0 aliphatic carbocycles. The van der Waals surface area contributed by atoms with E-state index in [0.717, 1.165) is 12.4 Å². The first-order chi connectivity index (χ1) is 18.4. The quantitative estimate of drug-likeness (QED) is 0.386. The van der Waals surface area contributed by atoms with E-state index in [0.29, 0.717) is 55.8 Å². The predicted octanol–water partition coefficient (Wildman–Crippen LogP) is 4.89. The molecule has 0 radical (unpaired) electrons. The maximum atomic E-state index is 14.8. The normalized spacial score (nSPS) is 23.7. The molecule has 0 amide bonds. The van der Waals surface area contributed by atoms with Crippen LogP contribution in [0.5, 0.6) is 0 Å². The smallest absolute Gasteiger partial charge is 0.227 e. The zero-order valence-electron chi connectivity index (χ0n) is 23.1. The van der Waals surface area contributed by atoms with E-state index in [-0.39, 0.29) is 12.6 Å². The summed E-state index contributed by atoms with van der Waals surface area (Å²) < 4.78 is 20.5. The second-order valence-corrected chi connectivity index (χ2v) is 10.9. The van der Waals surface area contributed by atoms with Crippen LogP contribution >= 0.6 is 0 Å². The monoisotopic (exact) mass is 521 g/mol. The fourth-order valence-corrected chi connectivity index (χ4v) is 5.45. The molecular weight excluding hydrogens is 481 g/mol. The Morgan fingerprint density at radius 2 is 1.95 bits per heavy atom. The van der Waals surface area contributed by atoms with E-state index in [2.05, 4.69) is 71.4 Å². The van der Waals surface area contributed by atoms with Crippen molar-refractivity contribution < 1.29 is 9.13 Å². The van der Waals surface area contributed by atoms with Gasteiger partial charge in [0.05, 0.1) is 19.3 Å².